The first-order valence-corrected chi connectivity index (χ1v) is 8.67. The van der Waals surface area contributed by atoms with E-state index < -0.39 is 0 Å². The lowest BCUT2D eigenvalue weighted by atomic mass is 10.1. The van der Waals surface area contributed by atoms with Crippen LogP contribution in [0.5, 0.6) is 0 Å². The van der Waals surface area contributed by atoms with Crippen LogP contribution in [0.3, 0.4) is 0 Å². The van der Waals surface area contributed by atoms with Crippen LogP contribution in [0, 0.1) is 0 Å². The average molecular weight is 384 g/mol. The van der Waals surface area contributed by atoms with Crippen molar-refractivity contribution in [2.75, 3.05) is 13.1 Å². The quantitative estimate of drug-likeness (QED) is 0.850. The van der Waals surface area contributed by atoms with E-state index in [2.05, 4.69) is 20.7 Å². The lowest BCUT2D eigenvalue weighted by molar-refractivity contribution is 0.0919. The summed E-state index contributed by atoms with van der Waals surface area (Å²) in [7, 11) is 0. The Morgan fingerprint density at radius 1 is 1.32 bits per heavy atom. The van der Waals surface area contributed by atoms with Gasteiger partial charge in [0.05, 0.1) is 10.7 Å². The third kappa shape index (κ3) is 4.51. The van der Waals surface area contributed by atoms with E-state index in [1.165, 1.54) is 0 Å². The van der Waals surface area contributed by atoms with Crippen LogP contribution in [0.2, 0.25) is 5.02 Å². The van der Waals surface area contributed by atoms with Gasteiger partial charge >= 0.3 is 0 Å². The molecule has 2 N–H and O–H groups in total. The highest BCUT2D eigenvalue weighted by atomic mass is 35.5. The maximum absolute atomic E-state index is 12.5. The molecular formula is C17H23Cl2N5O. The van der Waals surface area contributed by atoms with E-state index in [-0.39, 0.29) is 36.1 Å². The first kappa shape index (κ1) is 19.7. The van der Waals surface area contributed by atoms with Crippen LogP contribution in [0.25, 0.3) is 5.69 Å². The molecule has 1 saturated heterocycles. The fraction of sp³-hybridized carbons (Fsp3) is 0.471. The molecule has 0 unspecified atom stereocenters. The predicted octanol–water partition coefficient (Wildman–Crippen LogP) is 2.95. The van der Waals surface area contributed by atoms with Crippen LogP contribution in [0.4, 0.5) is 0 Å². The third-order valence-electron chi connectivity index (χ3n) is 4.11. The second kappa shape index (κ2) is 8.65. The first-order valence-electron chi connectivity index (χ1n) is 8.29. The zero-order valence-corrected chi connectivity index (χ0v) is 15.9. The lowest BCUT2D eigenvalue weighted by Crippen LogP contribution is -2.43. The summed E-state index contributed by atoms with van der Waals surface area (Å²) in [5, 5.41) is 11.3. The summed E-state index contributed by atoms with van der Waals surface area (Å²) in [6, 6.07) is 7.60. The number of carbonyl (C=O) groups excluding carboxylic acids is 1. The van der Waals surface area contributed by atoms with Gasteiger partial charge in [0.15, 0.2) is 0 Å². The molecule has 1 aliphatic rings. The Balaban J connectivity index is 0.00000225. The minimum atomic E-state index is -0.227. The number of nitrogens with zero attached hydrogens (tertiary/aromatic N) is 3. The molecule has 3 rings (SSSR count). The van der Waals surface area contributed by atoms with Crippen molar-refractivity contribution in [3.05, 3.63) is 40.9 Å². The molecule has 8 heteroatoms. The normalized spacial score (nSPS) is 15.0. The summed E-state index contributed by atoms with van der Waals surface area (Å²) < 4.78 is 1.67. The molecule has 136 valence electrons. The summed E-state index contributed by atoms with van der Waals surface area (Å²) in [5.41, 5.74) is 0.733. The van der Waals surface area contributed by atoms with E-state index in [9.17, 15) is 4.79 Å². The van der Waals surface area contributed by atoms with Crippen LogP contribution in [-0.2, 0) is 0 Å². The van der Waals surface area contributed by atoms with Crippen LogP contribution in [0.15, 0.2) is 24.3 Å². The van der Waals surface area contributed by atoms with Gasteiger partial charge in [-0.25, -0.2) is 9.67 Å². The summed E-state index contributed by atoms with van der Waals surface area (Å²) in [6.07, 6.45) is 1.85. The fourth-order valence-corrected chi connectivity index (χ4v) is 3.03. The number of para-hydroxylation sites is 1. The van der Waals surface area contributed by atoms with E-state index in [1.54, 1.807) is 10.7 Å². The Morgan fingerprint density at radius 3 is 2.64 bits per heavy atom. The summed E-state index contributed by atoms with van der Waals surface area (Å²) >= 11 is 6.28. The number of aromatic nitrogens is 3. The van der Waals surface area contributed by atoms with Gasteiger partial charge in [-0.2, -0.15) is 0 Å². The van der Waals surface area contributed by atoms with E-state index in [0.29, 0.717) is 5.02 Å². The van der Waals surface area contributed by atoms with Crippen molar-refractivity contribution in [3.8, 4) is 5.69 Å². The molecule has 0 atom stereocenters. The summed E-state index contributed by atoms with van der Waals surface area (Å²) in [6.45, 7) is 5.88. The molecule has 2 heterocycles. The van der Waals surface area contributed by atoms with Gasteiger partial charge in [0.25, 0.3) is 5.91 Å². The minimum Gasteiger partial charge on any atom is -0.346 e. The zero-order valence-electron chi connectivity index (χ0n) is 14.3. The van der Waals surface area contributed by atoms with Crippen LogP contribution >= 0.6 is 24.0 Å². The Hall–Kier alpha value is -1.63. The van der Waals surface area contributed by atoms with E-state index >= 15 is 0 Å². The number of piperidine rings is 1. The van der Waals surface area contributed by atoms with Crippen molar-refractivity contribution in [3.63, 3.8) is 0 Å². The largest absolute Gasteiger partial charge is 0.346 e. The number of rotatable bonds is 4. The number of nitrogens with one attached hydrogen (secondary N) is 2. The number of hydrogen-bond donors (Lipinski definition) is 2. The van der Waals surface area contributed by atoms with Gasteiger partial charge in [-0.15, -0.1) is 17.5 Å². The first-order chi connectivity index (χ1) is 11.6. The van der Waals surface area contributed by atoms with Crippen molar-refractivity contribution in [1.29, 1.82) is 0 Å². The van der Waals surface area contributed by atoms with Crippen molar-refractivity contribution >= 4 is 29.9 Å². The molecule has 1 fully saturated rings. The van der Waals surface area contributed by atoms with E-state index in [0.717, 1.165) is 37.4 Å². The standard InChI is InChI=1S/C17H22ClN5O.ClH/c1-11(2)16-21-15(17(24)20-12-7-9-19-10-8-12)22-23(16)14-6-4-3-5-13(14)18;/h3-6,11-12,19H,7-10H2,1-2H3,(H,20,24);1H. The molecule has 0 bridgehead atoms. The average Bonchev–Trinajstić information content (AvgIpc) is 3.02. The van der Waals surface area contributed by atoms with Gasteiger partial charge < -0.3 is 10.6 Å². The molecule has 0 saturated carbocycles. The monoisotopic (exact) mass is 383 g/mol. The molecule has 1 aromatic carbocycles. The molecule has 25 heavy (non-hydrogen) atoms. The number of amides is 1. The van der Waals surface area contributed by atoms with Gasteiger partial charge in [0.1, 0.15) is 5.82 Å². The molecule has 1 amide bonds. The smallest absolute Gasteiger partial charge is 0.291 e. The molecule has 0 radical (unpaired) electrons. The Labute approximate surface area is 158 Å². The zero-order chi connectivity index (χ0) is 17.1. The van der Waals surface area contributed by atoms with Crippen LogP contribution in [0.1, 0.15) is 49.1 Å². The molecule has 1 aliphatic heterocycles. The van der Waals surface area contributed by atoms with Gasteiger partial charge in [-0.05, 0) is 38.1 Å². The lowest BCUT2D eigenvalue weighted by Gasteiger charge is -2.22. The van der Waals surface area contributed by atoms with Crippen molar-refractivity contribution in [1.82, 2.24) is 25.4 Å². The summed E-state index contributed by atoms with van der Waals surface area (Å²) in [4.78, 5) is 17.0. The number of carbonyl (C=O) groups is 1. The molecular weight excluding hydrogens is 361 g/mol. The molecule has 6 nitrogen and oxygen atoms in total. The number of hydrogen-bond acceptors (Lipinski definition) is 4. The molecule has 2 aromatic rings. The molecule has 1 aromatic heterocycles. The molecule has 0 spiro atoms. The second-order valence-corrected chi connectivity index (χ2v) is 6.72. The highest BCUT2D eigenvalue weighted by Crippen LogP contribution is 2.23. The number of halogens is 2. The topological polar surface area (TPSA) is 71.8 Å². The fourth-order valence-electron chi connectivity index (χ4n) is 2.81. The van der Waals surface area contributed by atoms with Gasteiger partial charge in [-0.3, -0.25) is 4.79 Å². The van der Waals surface area contributed by atoms with Crippen molar-refractivity contribution < 1.29 is 4.79 Å². The summed E-state index contributed by atoms with van der Waals surface area (Å²) in [5.74, 6) is 0.805. The minimum absolute atomic E-state index is 0. The van der Waals surface area contributed by atoms with E-state index in [1.807, 2.05) is 32.0 Å². The van der Waals surface area contributed by atoms with Crippen molar-refractivity contribution in [2.45, 2.75) is 38.6 Å². The maximum atomic E-state index is 12.5. The second-order valence-electron chi connectivity index (χ2n) is 6.31. The molecule has 0 aliphatic carbocycles. The number of benzene rings is 1. The van der Waals surface area contributed by atoms with E-state index in [4.69, 9.17) is 11.6 Å². The van der Waals surface area contributed by atoms with Gasteiger partial charge in [-0.1, -0.05) is 37.6 Å². The van der Waals surface area contributed by atoms with Gasteiger partial charge in [0, 0.05) is 12.0 Å². The third-order valence-corrected chi connectivity index (χ3v) is 4.43. The van der Waals surface area contributed by atoms with Crippen molar-refractivity contribution in [2.24, 2.45) is 0 Å². The highest BCUT2D eigenvalue weighted by molar-refractivity contribution is 6.32. The highest BCUT2D eigenvalue weighted by Gasteiger charge is 2.23. The Kier molecular flexibility index (Phi) is 6.81. The maximum Gasteiger partial charge on any atom is 0.291 e. The Morgan fingerprint density at radius 2 is 2.00 bits per heavy atom. The van der Waals surface area contributed by atoms with Gasteiger partial charge in [0.2, 0.25) is 5.82 Å². The SMILES string of the molecule is CC(C)c1nc(C(=O)NC2CCNCC2)nn1-c1ccccc1Cl.Cl. The van der Waals surface area contributed by atoms with Crippen LogP contribution < -0.4 is 10.6 Å². The Bertz CT molecular complexity index is 726. The van der Waals surface area contributed by atoms with Crippen LogP contribution in [-0.4, -0.2) is 39.8 Å². The predicted molar refractivity (Wildman–Crippen MR) is 101 cm³/mol.